The highest BCUT2D eigenvalue weighted by atomic mass is 16.3. The molecule has 1 aromatic heterocycles. The summed E-state index contributed by atoms with van der Waals surface area (Å²) in [6.07, 6.45) is 4.68. The van der Waals surface area contributed by atoms with Gasteiger partial charge in [0, 0.05) is 0 Å². The molecule has 12 heavy (non-hydrogen) atoms. The summed E-state index contributed by atoms with van der Waals surface area (Å²) in [5.74, 6) is 0. The van der Waals surface area contributed by atoms with Crippen LogP contribution < -0.4 is 0 Å². The smallest absolute Gasteiger partial charge is 0.181 e. The summed E-state index contributed by atoms with van der Waals surface area (Å²) in [5, 5.41) is 0. The molecule has 2 nitrogen and oxygen atoms in total. The Labute approximate surface area is 71.2 Å². The summed E-state index contributed by atoms with van der Waals surface area (Å²) in [6.45, 7) is 2.12. The maximum atomic E-state index is 5.13. The topological polar surface area (TPSA) is 26.0 Å². The first-order valence-electron chi connectivity index (χ1n) is 4.06. The van der Waals surface area contributed by atoms with Gasteiger partial charge >= 0.3 is 0 Å². The predicted octanol–water partition coefficient (Wildman–Crippen LogP) is 2.79. The van der Waals surface area contributed by atoms with Crippen molar-refractivity contribution in [2.45, 2.75) is 13.3 Å². The Morgan fingerprint density at radius 2 is 2.42 bits per heavy atom. The number of oxazole rings is 1. The second-order valence-electron chi connectivity index (χ2n) is 2.69. The molecule has 2 heteroatoms. The Morgan fingerprint density at radius 3 is 3.25 bits per heavy atom. The first kappa shape index (κ1) is 7.35. The van der Waals surface area contributed by atoms with Crippen LogP contribution in [-0.4, -0.2) is 4.98 Å². The fourth-order valence-electron chi connectivity index (χ4n) is 1.24. The Bertz CT molecular complexity index is 378. The minimum Gasteiger partial charge on any atom is -0.443 e. The summed E-state index contributed by atoms with van der Waals surface area (Å²) in [5.41, 5.74) is 2.99. The van der Waals surface area contributed by atoms with Gasteiger partial charge in [-0.15, -0.1) is 0 Å². The van der Waals surface area contributed by atoms with E-state index in [1.54, 1.807) is 0 Å². The molecule has 1 radical (unpaired) electrons. The SMILES string of the molecule is CC[CH]c1ccc2ocnc2c1. The summed E-state index contributed by atoms with van der Waals surface area (Å²) in [7, 11) is 0. The number of nitrogens with zero attached hydrogens (tertiary/aromatic N) is 1. The van der Waals surface area contributed by atoms with E-state index in [4.69, 9.17) is 4.42 Å². The van der Waals surface area contributed by atoms with Crippen LogP contribution in [0.5, 0.6) is 0 Å². The van der Waals surface area contributed by atoms with Crippen molar-refractivity contribution >= 4 is 11.1 Å². The van der Waals surface area contributed by atoms with Crippen LogP contribution in [0.3, 0.4) is 0 Å². The second-order valence-corrected chi connectivity index (χ2v) is 2.69. The summed E-state index contributed by atoms with van der Waals surface area (Å²) in [4.78, 5) is 4.07. The number of fused-ring (bicyclic) bond motifs is 1. The number of rotatable bonds is 2. The predicted molar refractivity (Wildman–Crippen MR) is 47.7 cm³/mol. The fraction of sp³-hybridized carbons (Fsp3) is 0.200. The largest absolute Gasteiger partial charge is 0.443 e. The molecule has 0 bridgehead atoms. The molecule has 0 aliphatic carbocycles. The molecule has 0 aliphatic heterocycles. The number of hydrogen-bond acceptors (Lipinski definition) is 2. The number of aromatic nitrogens is 1. The van der Waals surface area contributed by atoms with E-state index in [9.17, 15) is 0 Å². The molecule has 0 saturated heterocycles. The monoisotopic (exact) mass is 160 g/mol. The molecule has 2 rings (SSSR count). The van der Waals surface area contributed by atoms with Gasteiger partial charge in [-0.25, -0.2) is 4.98 Å². The summed E-state index contributed by atoms with van der Waals surface area (Å²) >= 11 is 0. The molecule has 0 amide bonds. The van der Waals surface area contributed by atoms with Crippen LogP contribution in [0, 0.1) is 6.42 Å². The highest BCUT2D eigenvalue weighted by molar-refractivity contribution is 5.73. The van der Waals surface area contributed by atoms with Crippen molar-refractivity contribution in [1.29, 1.82) is 0 Å². The molecule has 0 spiro atoms. The van der Waals surface area contributed by atoms with Gasteiger partial charge in [0.25, 0.3) is 0 Å². The Kier molecular flexibility index (Phi) is 1.82. The van der Waals surface area contributed by atoms with E-state index < -0.39 is 0 Å². The lowest BCUT2D eigenvalue weighted by molar-refractivity contribution is 0.602. The van der Waals surface area contributed by atoms with Crippen molar-refractivity contribution in [1.82, 2.24) is 4.98 Å². The van der Waals surface area contributed by atoms with E-state index in [-0.39, 0.29) is 0 Å². The molecule has 0 saturated carbocycles. The Balaban J connectivity index is 2.46. The van der Waals surface area contributed by atoms with Gasteiger partial charge in [0.2, 0.25) is 0 Å². The van der Waals surface area contributed by atoms with Crippen LogP contribution in [0.25, 0.3) is 11.1 Å². The zero-order valence-corrected chi connectivity index (χ0v) is 6.95. The van der Waals surface area contributed by atoms with Crippen LogP contribution >= 0.6 is 0 Å². The van der Waals surface area contributed by atoms with Gasteiger partial charge in [-0.3, -0.25) is 0 Å². The van der Waals surface area contributed by atoms with Gasteiger partial charge in [0.05, 0.1) is 0 Å². The molecule has 1 aromatic carbocycles. The van der Waals surface area contributed by atoms with Crippen LogP contribution in [0.2, 0.25) is 0 Å². The highest BCUT2D eigenvalue weighted by Crippen LogP contribution is 2.15. The fourth-order valence-corrected chi connectivity index (χ4v) is 1.24. The standard InChI is InChI=1S/C10H10NO/c1-2-3-8-4-5-10-9(6-8)11-7-12-10/h3-7H,2H2,1H3. The first-order chi connectivity index (χ1) is 5.90. The third-order valence-corrected chi connectivity index (χ3v) is 1.79. The minimum atomic E-state index is 0.850. The van der Waals surface area contributed by atoms with E-state index in [0.29, 0.717) is 0 Å². The number of benzene rings is 1. The van der Waals surface area contributed by atoms with Crippen LogP contribution in [0.1, 0.15) is 18.9 Å². The maximum Gasteiger partial charge on any atom is 0.181 e. The molecule has 0 N–H and O–H groups in total. The highest BCUT2D eigenvalue weighted by Gasteiger charge is 1.98. The van der Waals surface area contributed by atoms with Gasteiger partial charge < -0.3 is 4.42 Å². The third-order valence-electron chi connectivity index (χ3n) is 1.79. The molecule has 0 atom stereocenters. The van der Waals surface area contributed by atoms with Crippen LogP contribution in [-0.2, 0) is 0 Å². The van der Waals surface area contributed by atoms with Crippen LogP contribution in [0.15, 0.2) is 29.0 Å². The molecule has 0 unspecified atom stereocenters. The third kappa shape index (κ3) is 1.20. The van der Waals surface area contributed by atoms with Crippen molar-refractivity contribution in [2.24, 2.45) is 0 Å². The van der Waals surface area contributed by atoms with E-state index in [0.717, 1.165) is 17.5 Å². The molecule has 0 fully saturated rings. The summed E-state index contributed by atoms with van der Waals surface area (Å²) in [6, 6.07) is 6.02. The van der Waals surface area contributed by atoms with E-state index in [1.807, 2.05) is 18.2 Å². The van der Waals surface area contributed by atoms with Gasteiger partial charge in [-0.05, 0) is 30.5 Å². The van der Waals surface area contributed by atoms with E-state index in [1.165, 1.54) is 12.0 Å². The normalized spacial score (nSPS) is 10.8. The van der Waals surface area contributed by atoms with Crippen molar-refractivity contribution in [3.8, 4) is 0 Å². The lowest BCUT2D eigenvalue weighted by Crippen LogP contribution is -1.78. The van der Waals surface area contributed by atoms with E-state index in [2.05, 4.69) is 18.3 Å². The van der Waals surface area contributed by atoms with E-state index >= 15 is 0 Å². The molecule has 2 aromatic rings. The first-order valence-corrected chi connectivity index (χ1v) is 4.06. The molecule has 0 aliphatic rings. The zero-order valence-electron chi connectivity index (χ0n) is 6.95. The average Bonchev–Trinajstić information content (AvgIpc) is 2.51. The van der Waals surface area contributed by atoms with Gasteiger partial charge in [0.1, 0.15) is 5.52 Å². The van der Waals surface area contributed by atoms with Crippen molar-refractivity contribution in [3.63, 3.8) is 0 Å². The molecule has 61 valence electrons. The van der Waals surface area contributed by atoms with Crippen LogP contribution in [0.4, 0.5) is 0 Å². The Hall–Kier alpha value is -1.31. The van der Waals surface area contributed by atoms with Gasteiger partial charge in [-0.2, -0.15) is 0 Å². The van der Waals surface area contributed by atoms with Crippen molar-refractivity contribution in [3.05, 3.63) is 36.6 Å². The summed E-state index contributed by atoms with van der Waals surface area (Å²) < 4.78 is 5.13. The zero-order chi connectivity index (χ0) is 8.39. The Morgan fingerprint density at radius 1 is 1.50 bits per heavy atom. The molecular formula is C10H10NO. The second kappa shape index (κ2) is 2.97. The maximum absolute atomic E-state index is 5.13. The van der Waals surface area contributed by atoms with Crippen molar-refractivity contribution in [2.75, 3.05) is 0 Å². The minimum absolute atomic E-state index is 0.850. The van der Waals surface area contributed by atoms with Gasteiger partial charge in [0.15, 0.2) is 12.0 Å². The lowest BCUT2D eigenvalue weighted by atomic mass is 10.1. The quantitative estimate of drug-likeness (QED) is 0.675. The average molecular weight is 160 g/mol. The van der Waals surface area contributed by atoms with Crippen molar-refractivity contribution < 1.29 is 4.42 Å². The van der Waals surface area contributed by atoms with Gasteiger partial charge in [-0.1, -0.05) is 13.0 Å². The lowest BCUT2D eigenvalue weighted by Gasteiger charge is -1.95. The molecular weight excluding hydrogens is 150 g/mol. The number of hydrogen-bond donors (Lipinski definition) is 0. The molecule has 1 heterocycles.